The van der Waals surface area contributed by atoms with Crippen LogP contribution in [0.1, 0.15) is 53.5 Å². The molecule has 0 aliphatic heterocycles. The van der Waals surface area contributed by atoms with E-state index in [0.717, 1.165) is 47.9 Å². The number of anilines is 1. The van der Waals surface area contributed by atoms with Gasteiger partial charge in [-0.15, -0.1) is 0 Å². The molecule has 0 saturated heterocycles. The van der Waals surface area contributed by atoms with Crippen molar-refractivity contribution >= 4 is 50.7 Å². The molecule has 4 aromatic carbocycles. The molecule has 1 fully saturated rings. The summed E-state index contributed by atoms with van der Waals surface area (Å²) in [6.07, 6.45) is 4.05. The SMILES string of the molecule is Cc1ccc(S(=O)(=O)N(CC(=O)N(Cc2ccc(Cl)c(Cl)c2)[C@H](Cc2ccccc2)C(=O)NC2CCCC2)c2cccc(C)c2C)cc1. The highest BCUT2D eigenvalue weighted by Crippen LogP contribution is 2.30. The highest BCUT2D eigenvalue weighted by Gasteiger charge is 2.36. The minimum atomic E-state index is -4.20. The molecule has 1 N–H and O–H groups in total. The fourth-order valence-corrected chi connectivity index (χ4v) is 7.91. The highest BCUT2D eigenvalue weighted by atomic mass is 35.5. The normalized spacial score (nSPS) is 14.0. The molecule has 1 saturated carbocycles. The third-order valence-corrected chi connectivity index (χ3v) is 11.6. The molecule has 48 heavy (non-hydrogen) atoms. The van der Waals surface area contributed by atoms with Gasteiger partial charge in [0.2, 0.25) is 11.8 Å². The van der Waals surface area contributed by atoms with E-state index >= 15 is 0 Å². The van der Waals surface area contributed by atoms with Crippen LogP contribution in [0.15, 0.2) is 95.9 Å². The third-order valence-electron chi connectivity index (χ3n) is 9.04. The molecule has 1 aliphatic carbocycles. The smallest absolute Gasteiger partial charge is 0.264 e. The molecular weight excluding hydrogens is 665 g/mol. The van der Waals surface area contributed by atoms with Crippen molar-refractivity contribution < 1.29 is 18.0 Å². The molecule has 0 aromatic heterocycles. The number of halogens is 2. The summed E-state index contributed by atoms with van der Waals surface area (Å²) in [5.74, 6) is -0.806. The van der Waals surface area contributed by atoms with E-state index in [9.17, 15) is 18.0 Å². The fourth-order valence-electron chi connectivity index (χ4n) is 6.11. The summed E-state index contributed by atoms with van der Waals surface area (Å²) in [5, 5.41) is 3.87. The van der Waals surface area contributed by atoms with Gasteiger partial charge in [-0.05, 0) is 86.2 Å². The molecule has 0 spiro atoms. The summed E-state index contributed by atoms with van der Waals surface area (Å²) in [7, 11) is -4.20. The van der Waals surface area contributed by atoms with Gasteiger partial charge in [0.1, 0.15) is 12.6 Å². The number of carbonyl (C=O) groups is 2. The second-order valence-corrected chi connectivity index (χ2v) is 15.2. The van der Waals surface area contributed by atoms with Crippen molar-refractivity contribution in [2.24, 2.45) is 0 Å². The standard InChI is InChI=1S/C38H41Cl2N3O4S/c1-26-16-19-32(20-17-26)48(46,47)43(35-15-9-10-27(2)28(35)3)25-37(44)42(24-30-18-21-33(39)34(40)22-30)36(23-29-11-5-4-6-12-29)38(45)41-31-13-7-8-14-31/h4-6,9-12,15-22,31,36H,7-8,13-14,23-25H2,1-3H3,(H,41,45)/t36-/m1/s1. The van der Waals surface area contributed by atoms with Crippen LogP contribution in [0.2, 0.25) is 10.0 Å². The number of hydrogen-bond acceptors (Lipinski definition) is 4. The molecule has 252 valence electrons. The lowest BCUT2D eigenvalue weighted by molar-refractivity contribution is -0.140. The summed E-state index contributed by atoms with van der Waals surface area (Å²) in [6.45, 7) is 5.11. The van der Waals surface area contributed by atoms with E-state index in [0.29, 0.717) is 21.3 Å². The van der Waals surface area contributed by atoms with Crippen molar-refractivity contribution in [2.75, 3.05) is 10.8 Å². The van der Waals surface area contributed by atoms with Crippen LogP contribution in [0.5, 0.6) is 0 Å². The van der Waals surface area contributed by atoms with Gasteiger partial charge in [0.25, 0.3) is 10.0 Å². The molecule has 5 rings (SSSR count). The molecule has 1 aliphatic rings. The lowest BCUT2D eigenvalue weighted by Gasteiger charge is -2.35. The number of nitrogens with one attached hydrogen (secondary N) is 1. The maximum absolute atomic E-state index is 14.8. The molecule has 7 nitrogen and oxygen atoms in total. The molecule has 0 radical (unpaired) electrons. The Balaban J connectivity index is 1.60. The van der Waals surface area contributed by atoms with Crippen LogP contribution in [0.4, 0.5) is 5.69 Å². The van der Waals surface area contributed by atoms with Gasteiger partial charge in [-0.25, -0.2) is 8.42 Å². The number of carbonyl (C=O) groups excluding carboxylic acids is 2. The van der Waals surface area contributed by atoms with Gasteiger partial charge < -0.3 is 10.2 Å². The van der Waals surface area contributed by atoms with Gasteiger partial charge in [-0.3, -0.25) is 13.9 Å². The van der Waals surface area contributed by atoms with Crippen LogP contribution in [0.25, 0.3) is 0 Å². The monoisotopic (exact) mass is 705 g/mol. The molecule has 4 aromatic rings. The summed E-state index contributed by atoms with van der Waals surface area (Å²) in [5.41, 5.74) is 4.45. The average molecular weight is 707 g/mol. The maximum Gasteiger partial charge on any atom is 0.264 e. The van der Waals surface area contributed by atoms with Crippen molar-refractivity contribution in [1.29, 1.82) is 0 Å². The number of nitrogens with zero attached hydrogens (tertiary/aromatic N) is 2. The quantitative estimate of drug-likeness (QED) is 0.163. The summed E-state index contributed by atoms with van der Waals surface area (Å²) in [4.78, 5) is 30.5. The highest BCUT2D eigenvalue weighted by molar-refractivity contribution is 7.92. The van der Waals surface area contributed by atoms with Crippen molar-refractivity contribution in [1.82, 2.24) is 10.2 Å². The van der Waals surface area contributed by atoms with Crippen molar-refractivity contribution in [2.45, 2.75) is 76.4 Å². The van der Waals surface area contributed by atoms with E-state index in [1.54, 1.807) is 54.6 Å². The van der Waals surface area contributed by atoms with Gasteiger partial charge in [-0.1, -0.05) is 102 Å². The maximum atomic E-state index is 14.8. The lowest BCUT2D eigenvalue weighted by Crippen LogP contribution is -2.54. The molecule has 0 unspecified atom stereocenters. The average Bonchev–Trinajstić information content (AvgIpc) is 3.58. The van der Waals surface area contributed by atoms with Crippen molar-refractivity contribution in [3.05, 3.63) is 129 Å². The zero-order valence-electron chi connectivity index (χ0n) is 27.5. The van der Waals surface area contributed by atoms with Gasteiger partial charge in [0, 0.05) is 19.0 Å². The molecule has 0 bridgehead atoms. The second-order valence-electron chi connectivity index (χ2n) is 12.5. The topological polar surface area (TPSA) is 86.8 Å². The van der Waals surface area contributed by atoms with E-state index in [2.05, 4.69) is 5.32 Å². The van der Waals surface area contributed by atoms with Gasteiger partial charge in [-0.2, -0.15) is 0 Å². The van der Waals surface area contributed by atoms with Crippen LogP contribution in [-0.2, 0) is 32.6 Å². The van der Waals surface area contributed by atoms with Crippen LogP contribution < -0.4 is 9.62 Å². The predicted molar refractivity (Wildman–Crippen MR) is 193 cm³/mol. The van der Waals surface area contributed by atoms with Crippen LogP contribution >= 0.6 is 23.2 Å². The third kappa shape index (κ3) is 8.41. The van der Waals surface area contributed by atoms with Crippen molar-refractivity contribution in [3.63, 3.8) is 0 Å². The first-order chi connectivity index (χ1) is 22.9. The van der Waals surface area contributed by atoms with Crippen molar-refractivity contribution in [3.8, 4) is 0 Å². The van der Waals surface area contributed by atoms with E-state index in [4.69, 9.17) is 23.2 Å². The number of hydrogen-bond donors (Lipinski definition) is 1. The van der Waals surface area contributed by atoms with Gasteiger partial charge in [0.05, 0.1) is 20.6 Å². The molecule has 2 amide bonds. The number of rotatable bonds is 12. The first-order valence-electron chi connectivity index (χ1n) is 16.2. The second kappa shape index (κ2) is 15.6. The Labute approximate surface area is 293 Å². The van der Waals surface area contributed by atoms with Gasteiger partial charge in [0.15, 0.2) is 0 Å². The largest absolute Gasteiger partial charge is 0.352 e. The van der Waals surface area contributed by atoms with E-state index in [1.807, 2.05) is 57.2 Å². The predicted octanol–water partition coefficient (Wildman–Crippen LogP) is 7.81. The van der Waals surface area contributed by atoms with Crippen LogP contribution in [0.3, 0.4) is 0 Å². The first-order valence-corrected chi connectivity index (χ1v) is 18.4. The Bertz CT molecular complexity index is 1860. The number of sulfonamides is 1. The minimum Gasteiger partial charge on any atom is -0.352 e. The molecular formula is C38H41Cl2N3O4S. The fraction of sp³-hybridized carbons (Fsp3) is 0.316. The Morgan fingerprint density at radius 2 is 1.52 bits per heavy atom. The Morgan fingerprint density at radius 3 is 2.19 bits per heavy atom. The number of amides is 2. The Morgan fingerprint density at radius 1 is 0.833 bits per heavy atom. The Hall–Kier alpha value is -3.85. The van der Waals surface area contributed by atoms with E-state index in [1.165, 1.54) is 9.21 Å². The summed E-state index contributed by atoms with van der Waals surface area (Å²) in [6, 6.07) is 25.6. The molecule has 10 heteroatoms. The number of benzene rings is 4. The van der Waals surface area contributed by atoms with E-state index in [-0.39, 0.29) is 29.8 Å². The minimum absolute atomic E-state index is 0.0104. The molecule has 0 heterocycles. The first kappa shape index (κ1) is 35.5. The zero-order valence-corrected chi connectivity index (χ0v) is 29.8. The van der Waals surface area contributed by atoms with Crippen LogP contribution in [0, 0.1) is 20.8 Å². The summed E-state index contributed by atoms with van der Waals surface area (Å²) < 4.78 is 29.9. The zero-order chi connectivity index (χ0) is 34.4. The Kier molecular flexibility index (Phi) is 11.5. The summed E-state index contributed by atoms with van der Waals surface area (Å²) >= 11 is 12.6. The van der Waals surface area contributed by atoms with Gasteiger partial charge >= 0.3 is 0 Å². The number of aryl methyl sites for hydroxylation is 2. The molecule has 1 atom stereocenters. The van der Waals surface area contributed by atoms with Crippen LogP contribution in [-0.4, -0.2) is 43.8 Å². The lowest BCUT2D eigenvalue weighted by atomic mass is 10.0. The van der Waals surface area contributed by atoms with E-state index < -0.39 is 28.5 Å².